The molecule has 1 aliphatic heterocycles. The summed E-state index contributed by atoms with van der Waals surface area (Å²) in [5.74, 6) is 1.19. The Morgan fingerprint density at radius 1 is 1.12 bits per heavy atom. The molecule has 2 aromatic heterocycles. The highest BCUT2D eigenvalue weighted by molar-refractivity contribution is 5.85. The third-order valence-corrected chi connectivity index (χ3v) is 4.17. The van der Waals surface area contributed by atoms with Crippen LogP contribution >= 0.6 is 12.4 Å². The molecule has 0 radical (unpaired) electrons. The Labute approximate surface area is 151 Å². The second-order valence-corrected chi connectivity index (χ2v) is 5.88. The first-order chi connectivity index (χ1) is 11.8. The summed E-state index contributed by atoms with van der Waals surface area (Å²) in [6, 6.07) is 11.0. The number of piperidine rings is 1. The van der Waals surface area contributed by atoms with Gasteiger partial charge in [0.15, 0.2) is 5.82 Å². The molecule has 25 heavy (non-hydrogen) atoms. The van der Waals surface area contributed by atoms with Gasteiger partial charge in [0.05, 0.1) is 10.9 Å². The topological polar surface area (TPSA) is 79.9 Å². The molecular formula is C18H19ClN4O2. The van der Waals surface area contributed by atoms with E-state index in [1.165, 1.54) is 0 Å². The molecule has 0 atom stereocenters. The van der Waals surface area contributed by atoms with Gasteiger partial charge in [-0.15, -0.1) is 12.4 Å². The van der Waals surface area contributed by atoms with Gasteiger partial charge in [-0.1, -0.05) is 6.07 Å². The zero-order chi connectivity index (χ0) is 16.4. The van der Waals surface area contributed by atoms with Gasteiger partial charge >= 0.3 is 0 Å². The summed E-state index contributed by atoms with van der Waals surface area (Å²) in [5.41, 5.74) is 1.10. The van der Waals surface area contributed by atoms with E-state index in [2.05, 4.69) is 20.3 Å². The SMILES string of the molecule is Cl.O=c1[nH]c(-c2ccccn2)nc2ccc(OC3CCNCC3)cc12. The van der Waals surface area contributed by atoms with E-state index in [0.29, 0.717) is 28.2 Å². The first-order valence-corrected chi connectivity index (χ1v) is 8.12. The van der Waals surface area contributed by atoms with Crippen molar-refractivity contribution in [3.8, 4) is 17.3 Å². The summed E-state index contributed by atoms with van der Waals surface area (Å²) < 4.78 is 6.00. The number of hydrogen-bond acceptors (Lipinski definition) is 5. The quantitative estimate of drug-likeness (QED) is 0.752. The van der Waals surface area contributed by atoms with Crippen molar-refractivity contribution in [1.82, 2.24) is 20.3 Å². The Kier molecular flexibility index (Phi) is 5.31. The van der Waals surface area contributed by atoms with E-state index in [9.17, 15) is 4.79 Å². The Balaban J connectivity index is 0.00000182. The monoisotopic (exact) mass is 358 g/mol. The average Bonchev–Trinajstić information content (AvgIpc) is 2.64. The highest BCUT2D eigenvalue weighted by Crippen LogP contribution is 2.21. The number of hydrogen-bond donors (Lipinski definition) is 2. The molecule has 0 amide bonds. The van der Waals surface area contributed by atoms with E-state index < -0.39 is 0 Å². The van der Waals surface area contributed by atoms with Crippen molar-refractivity contribution in [2.75, 3.05) is 13.1 Å². The number of H-pyrrole nitrogens is 1. The van der Waals surface area contributed by atoms with Crippen molar-refractivity contribution in [2.45, 2.75) is 18.9 Å². The maximum Gasteiger partial charge on any atom is 0.259 e. The van der Waals surface area contributed by atoms with E-state index in [-0.39, 0.29) is 24.1 Å². The molecule has 6 nitrogen and oxygen atoms in total. The van der Waals surface area contributed by atoms with Gasteiger partial charge in [-0.2, -0.15) is 0 Å². The van der Waals surface area contributed by atoms with Crippen LogP contribution in [0.3, 0.4) is 0 Å². The lowest BCUT2D eigenvalue weighted by Crippen LogP contribution is -2.34. The average molecular weight is 359 g/mol. The lowest BCUT2D eigenvalue weighted by atomic mass is 10.1. The molecule has 2 N–H and O–H groups in total. The Bertz CT molecular complexity index is 908. The van der Waals surface area contributed by atoms with Gasteiger partial charge < -0.3 is 15.0 Å². The van der Waals surface area contributed by atoms with Crippen LogP contribution < -0.4 is 15.6 Å². The van der Waals surface area contributed by atoms with Crippen LogP contribution in [0.15, 0.2) is 47.4 Å². The number of aromatic nitrogens is 3. The smallest absolute Gasteiger partial charge is 0.259 e. The number of aromatic amines is 1. The summed E-state index contributed by atoms with van der Waals surface area (Å²) in [4.78, 5) is 24.0. The zero-order valence-corrected chi connectivity index (χ0v) is 14.4. The second kappa shape index (κ2) is 7.63. The molecule has 1 saturated heterocycles. The molecule has 130 valence electrons. The number of pyridine rings is 1. The molecule has 1 aromatic carbocycles. The van der Waals surface area contributed by atoms with E-state index in [4.69, 9.17) is 4.74 Å². The fraction of sp³-hybridized carbons (Fsp3) is 0.278. The minimum absolute atomic E-state index is 0. The number of nitrogens with zero attached hydrogens (tertiary/aromatic N) is 2. The molecule has 0 unspecified atom stereocenters. The molecule has 7 heteroatoms. The minimum atomic E-state index is -0.184. The number of halogens is 1. The van der Waals surface area contributed by atoms with Crippen LogP contribution in [0.5, 0.6) is 5.75 Å². The Morgan fingerprint density at radius 3 is 2.72 bits per heavy atom. The highest BCUT2D eigenvalue weighted by atomic mass is 35.5. The summed E-state index contributed by atoms with van der Waals surface area (Å²) in [6.07, 6.45) is 3.83. The van der Waals surface area contributed by atoms with E-state index in [1.807, 2.05) is 30.3 Å². The maximum absolute atomic E-state index is 12.4. The van der Waals surface area contributed by atoms with Crippen molar-refractivity contribution >= 4 is 23.3 Å². The lowest BCUT2D eigenvalue weighted by molar-refractivity contribution is 0.162. The van der Waals surface area contributed by atoms with Crippen LogP contribution in [0, 0.1) is 0 Å². The summed E-state index contributed by atoms with van der Waals surface area (Å²) >= 11 is 0. The largest absolute Gasteiger partial charge is 0.490 e. The predicted octanol–water partition coefficient (Wildman–Crippen LogP) is 2.54. The van der Waals surface area contributed by atoms with E-state index in [0.717, 1.165) is 25.9 Å². The number of rotatable bonds is 3. The molecular weight excluding hydrogens is 340 g/mol. The number of ether oxygens (including phenoxy) is 1. The van der Waals surface area contributed by atoms with Crippen LogP contribution in [-0.4, -0.2) is 34.1 Å². The summed E-state index contributed by atoms with van der Waals surface area (Å²) in [7, 11) is 0. The Hall–Kier alpha value is -2.44. The molecule has 1 fully saturated rings. The fourth-order valence-corrected chi connectivity index (χ4v) is 2.92. The van der Waals surface area contributed by atoms with E-state index >= 15 is 0 Å². The lowest BCUT2D eigenvalue weighted by Gasteiger charge is -2.23. The van der Waals surface area contributed by atoms with Gasteiger partial charge in [-0.05, 0) is 56.3 Å². The zero-order valence-electron chi connectivity index (χ0n) is 13.6. The molecule has 4 rings (SSSR count). The first kappa shape index (κ1) is 17.4. The van der Waals surface area contributed by atoms with Crippen LogP contribution in [0.1, 0.15) is 12.8 Å². The van der Waals surface area contributed by atoms with Gasteiger partial charge in [0.1, 0.15) is 17.5 Å². The van der Waals surface area contributed by atoms with Crippen molar-refractivity contribution in [1.29, 1.82) is 0 Å². The molecule has 0 saturated carbocycles. The standard InChI is InChI=1S/C18H18N4O2.ClH/c23-18-14-11-13(24-12-6-9-19-10-7-12)4-5-15(14)21-17(22-18)16-3-1-2-8-20-16;/h1-5,8,11-12,19H,6-7,9-10H2,(H,21,22,23);1H. The van der Waals surface area contributed by atoms with Crippen molar-refractivity contribution in [3.05, 3.63) is 52.9 Å². The second-order valence-electron chi connectivity index (χ2n) is 5.88. The molecule has 3 heterocycles. The third-order valence-electron chi connectivity index (χ3n) is 4.17. The van der Waals surface area contributed by atoms with Gasteiger partial charge in [0.25, 0.3) is 5.56 Å². The van der Waals surface area contributed by atoms with Gasteiger partial charge in [0, 0.05) is 6.20 Å². The number of benzene rings is 1. The predicted molar refractivity (Wildman–Crippen MR) is 99.4 cm³/mol. The molecule has 0 spiro atoms. The molecule has 0 aliphatic carbocycles. The van der Waals surface area contributed by atoms with E-state index in [1.54, 1.807) is 12.3 Å². The van der Waals surface area contributed by atoms with Crippen molar-refractivity contribution < 1.29 is 4.74 Å². The van der Waals surface area contributed by atoms with Crippen LogP contribution in [0.2, 0.25) is 0 Å². The third kappa shape index (κ3) is 3.81. The first-order valence-electron chi connectivity index (χ1n) is 8.12. The normalized spacial score (nSPS) is 14.9. The number of fused-ring (bicyclic) bond motifs is 1. The maximum atomic E-state index is 12.4. The number of nitrogens with one attached hydrogen (secondary N) is 2. The highest BCUT2D eigenvalue weighted by Gasteiger charge is 2.15. The van der Waals surface area contributed by atoms with Crippen LogP contribution in [0.4, 0.5) is 0 Å². The molecule has 0 bridgehead atoms. The van der Waals surface area contributed by atoms with Gasteiger partial charge in [-0.25, -0.2) is 4.98 Å². The van der Waals surface area contributed by atoms with Crippen molar-refractivity contribution in [3.63, 3.8) is 0 Å². The van der Waals surface area contributed by atoms with Crippen LogP contribution in [-0.2, 0) is 0 Å². The molecule has 3 aromatic rings. The fourth-order valence-electron chi connectivity index (χ4n) is 2.92. The van der Waals surface area contributed by atoms with Crippen LogP contribution in [0.25, 0.3) is 22.4 Å². The van der Waals surface area contributed by atoms with Crippen molar-refractivity contribution in [2.24, 2.45) is 0 Å². The summed E-state index contributed by atoms with van der Waals surface area (Å²) in [5, 5.41) is 3.84. The molecule has 1 aliphatic rings. The van der Waals surface area contributed by atoms with Gasteiger partial charge in [0.2, 0.25) is 0 Å². The Morgan fingerprint density at radius 2 is 1.96 bits per heavy atom. The minimum Gasteiger partial charge on any atom is -0.490 e. The van der Waals surface area contributed by atoms with Gasteiger partial charge in [-0.3, -0.25) is 9.78 Å². The summed E-state index contributed by atoms with van der Waals surface area (Å²) in [6.45, 7) is 1.93.